The Labute approximate surface area is 139 Å². The van der Waals surface area contributed by atoms with Gasteiger partial charge in [-0.15, -0.1) is 0 Å². The first-order valence-electron chi connectivity index (χ1n) is 7.81. The smallest absolute Gasteiger partial charge is 0.250 e. The van der Waals surface area contributed by atoms with E-state index >= 15 is 0 Å². The van der Waals surface area contributed by atoms with Gasteiger partial charge in [-0.1, -0.05) is 30.3 Å². The third-order valence-corrected chi connectivity index (χ3v) is 4.10. The Morgan fingerprint density at radius 3 is 2.58 bits per heavy atom. The van der Waals surface area contributed by atoms with E-state index in [1.54, 1.807) is 24.3 Å². The van der Waals surface area contributed by atoms with Crippen molar-refractivity contribution in [1.29, 1.82) is 0 Å². The highest BCUT2D eigenvalue weighted by Crippen LogP contribution is 2.23. The van der Waals surface area contributed by atoms with Gasteiger partial charge in [0.1, 0.15) is 0 Å². The second-order valence-electron chi connectivity index (χ2n) is 5.73. The van der Waals surface area contributed by atoms with Gasteiger partial charge in [0.15, 0.2) is 0 Å². The molecule has 0 atom stereocenters. The van der Waals surface area contributed by atoms with Crippen LogP contribution in [0, 0.1) is 6.92 Å². The number of carbonyl (C=O) groups is 2. The molecule has 0 fully saturated rings. The molecule has 5 heteroatoms. The number of amides is 2. The summed E-state index contributed by atoms with van der Waals surface area (Å²) in [6.45, 7) is 2.01. The fourth-order valence-corrected chi connectivity index (χ4v) is 2.92. The first-order valence-corrected chi connectivity index (χ1v) is 7.81. The number of nitrogens with two attached hydrogens (primary N) is 1. The van der Waals surface area contributed by atoms with E-state index < -0.39 is 5.91 Å². The van der Waals surface area contributed by atoms with Crippen LogP contribution in [0.3, 0.4) is 0 Å². The average Bonchev–Trinajstić information content (AvgIpc) is 2.88. The van der Waals surface area contributed by atoms with Crippen LogP contribution in [-0.2, 0) is 11.2 Å². The number of hydrogen-bond donors (Lipinski definition) is 3. The lowest BCUT2D eigenvalue weighted by Crippen LogP contribution is -2.18. The lowest BCUT2D eigenvalue weighted by Gasteiger charge is -2.09. The van der Waals surface area contributed by atoms with Gasteiger partial charge in [0, 0.05) is 23.0 Å². The Morgan fingerprint density at radius 2 is 1.79 bits per heavy atom. The summed E-state index contributed by atoms with van der Waals surface area (Å²) < 4.78 is 0. The number of fused-ring (bicyclic) bond motifs is 1. The number of aromatic nitrogens is 1. The van der Waals surface area contributed by atoms with Crippen LogP contribution in [0.15, 0.2) is 48.5 Å². The number of para-hydroxylation sites is 2. The maximum absolute atomic E-state index is 12.3. The fourth-order valence-electron chi connectivity index (χ4n) is 2.92. The number of H-pyrrole nitrogens is 1. The van der Waals surface area contributed by atoms with E-state index in [0.717, 1.165) is 22.2 Å². The van der Waals surface area contributed by atoms with Crippen LogP contribution in [0.1, 0.15) is 28.0 Å². The standard InChI is InChI=1S/C19H19N3O2/c1-12-13(14-6-2-4-8-16(14)21-12)10-11-18(23)22-17-9-5-3-7-15(17)19(20)24/h2-9,21H,10-11H2,1H3,(H2,20,24)(H,22,23). The molecule has 3 rings (SSSR count). The highest BCUT2D eigenvalue weighted by atomic mass is 16.2. The second kappa shape index (κ2) is 6.58. The first-order chi connectivity index (χ1) is 11.6. The minimum atomic E-state index is -0.557. The Hall–Kier alpha value is -3.08. The molecule has 0 aliphatic heterocycles. The van der Waals surface area contributed by atoms with Crippen LogP contribution in [0.25, 0.3) is 10.9 Å². The van der Waals surface area contributed by atoms with E-state index in [2.05, 4.69) is 16.4 Å². The van der Waals surface area contributed by atoms with E-state index in [1.807, 2.05) is 25.1 Å². The number of nitrogens with one attached hydrogen (secondary N) is 2. The maximum Gasteiger partial charge on any atom is 0.250 e. The normalized spacial score (nSPS) is 10.7. The topological polar surface area (TPSA) is 88.0 Å². The van der Waals surface area contributed by atoms with E-state index in [1.165, 1.54) is 0 Å². The van der Waals surface area contributed by atoms with Gasteiger partial charge in [-0.25, -0.2) is 0 Å². The monoisotopic (exact) mass is 321 g/mol. The fraction of sp³-hybridized carbons (Fsp3) is 0.158. The van der Waals surface area contributed by atoms with Crippen LogP contribution in [0.5, 0.6) is 0 Å². The van der Waals surface area contributed by atoms with Crippen LogP contribution in [-0.4, -0.2) is 16.8 Å². The molecule has 1 aromatic heterocycles. The molecular formula is C19H19N3O2. The molecule has 4 N–H and O–H groups in total. The number of carbonyl (C=O) groups excluding carboxylic acids is 2. The van der Waals surface area contributed by atoms with Gasteiger partial charge in [-0.05, 0) is 37.1 Å². The van der Waals surface area contributed by atoms with E-state index in [9.17, 15) is 9.59 Å². The molecule has 3 aromatic rings. The number of hydrogen-bond acceptors (Lipinski definition) is 2. The summed E-state index contributed by atoms with van der Waals surface area (Å²) in [5.74, 6) is -0.702. The Bertz CT molecular complexity index is 912. The summed E-state index contributed by atoms with van der Waals surface area (Å²) in [6, 6.07) is 14.8. The molecule has 0 spiro atoms. The molecule has 0 saturated heterocycles. The highest BCUT2D eigenvalue weighted by molar-refractivity contribution is 6.03. The summed E-state index contributed by atoms with van der Waals surface area (Å²) in [7, 11) is 0. The van der Waals surface area contributed by atoms with Crippen molar-refractivity contribution in [1.82, 2.24) is 4.98 Å². The van der Waals surface area contributed by atoms with Crippen molar-refractivity contribution in [3.63, 3.8) is 0 Å². The number of anilines is 1. The molecule has 5 nitrogen and oxygen atoms in total. The SMILES string of the molecule is Cc1[nH]c2ccccc2c1CCC(=O)Nc1ccccc1C(N)=O. The molecule has 0 unspecified atom stereocenters. The lowest BCUT2D eigenvalue weighted by atomic mass is 10.1. The van der Waals surface area contributed by atoms with E-state index in [0.29, 0.717) is 24.1 Å². The van der Waals surface area contributed by atoms with Gasteiger partial charge >= 0.3 is 0 Å². The molecular weight excluding hydrogens is 302 g/mol. The molecule has 2 amide bonds. The predicted molar refractivity (Wildman–Crippen MR) is 94.9 cm³/mol. The molecule has 0 radical (unpaired) electrons. The third-order valence-electron chi connectivity index (χ3n) is 4.10. The van der Waals surface area contributed by atoms with E-state index in [4.69, 9.17) is 5.73 Å². The third kappa shape index (κ3) is 3.15. The number of rotatable bonds is 5. The van der Waals surface area contributed by atoms with Gasteiger partial charge in [0.2, 0.25) is 5.91 Å². The maximum atomic E-state index is 12.3. The van der Waals surface area contributed by atoms with Gasteiger partial charge < -0.3 is 16.0 Å². The highest BCUT2D eigenvalue weighted by Gasteiger charge is 2.13. The molecule has 1 heterocycles. The first kappa shape index (κ1) is 15.8. The van der Waals surface area contributed by atoms with Crippen molar-refractivity contribution in [3.8, 4) is 0 Å². The quantitative estimate of drug-likeness (QED) is 0.674. The summed E-state index contributed by atoms with van der Waals surface area (Å²) in [5.41, 5.74) is 9.38. The Balaban J connectivity index is 1.72. The number of benzene rings is 2. The Morgan fingerprint density at radius 1 is 1.08 bits per heavy atom. The van der Waals surface area contributed by atoms with Gasteiger partial charge in [0.25, 0.3) is 5.91 Å². The predicted octanol–water partition coefficient (Wildman–Crippen LogP) is 3.15. The van der Waals surface area contributed by atoms with Gasteiger partial charge in [0.05, 0.1) is 11.3 Å². The zero-order chi connectivity index (χ0) is 17.1. The molecule has 0 aliphatic carbocycles. The molecule has 0 bridgehead atoms. The van der Waals surface area contributed by atoms with E-state index in [-0.39, 0.29) is 5.91 Å². The van der Waals surface area contributed by atoms with Crippen LogP contribution in [0.4, 0.5) is 5.69 Å². The number of primary amides is 1. The number of aromatic amines is 1. The average molecular weight is 321 g/mol. The van der Waals surface area contributed by atoms with Crippen molar-refractivity contribution in [2.24, 2.45) is 5.73 Å². The summed E-state index contributed by atoms with van der Waals surface area (Å²) in [4.78, 5) is 27.0. The Kier molecular flexibility index (Phi) is 4.33. The number of aryl methyl sites for hydroxylation is 2. The minimum absolute atomic E-state index is 0.145. The lowest BCUT2D eigenvalue weighted by molar-refractivity contribution is -0.116. The zero-order valence-electron chi connectivity index (χ0n) is 13.4. The van der Waals surface area contributed by atoms with Crippen molar-refractivity contribution in [2.75, 3.05) is 5.32 Å². The van der Waals surface area contributed by atoms with Crippen LogP contribution < -0.4 is 11.1 Å². The van der Waals surface area contributed by atoms with Gasteiger partial charge in [-0.2, -0.15) is 0 Å². The van der Waals surface area contributed by atoms with Crippen molar-refractivity contribution in [2.45, 2.75) is 19.8 Å². The molecule has 122 valence electrons. The van der Waals surface area contributed by atoms with Crippen molar-refractivity contribution >= 4 is 28.4 Å². The zero-order valence-corrected chi connectivity index (χ0v) is 13.4. The minimum Gasteiger partial charge on any atom is -0.366 e. The molecule has 0 aliphatic rings. The second-order valence-corrected chi connectivity index (χ2v) is 5.73. The summed E-state index contributed by atoms with van der Waals surface area (Å²) in [6.07, 6.45) is 0.955. The van der Waals surface area contributed by atoms with Crippen LogP contribution >= 0.6 is 0 Å². The summed E-state index contributed by atoms with van der Waals surface area (Å²) >= 11 is 0. The van der Waals surface area contributed by atoms with Crippen molar-refractivity contribution in [3.05, 3.63) is 65.4 Å². The largest absolute Gasteiger partial charge is 0.366 e. The summed E-state index contributed by atoms with van der Waals surface area (Å²) in [5, 5.41) is 3.91. The van der Waals surface area contributed by atoms with Crippen molar-refractivity contribution < 1.29 is 9.59 Å². The van der Waals surface area contributed by atoms with Crippen LogP contribution in [0.2, 0.25) is 0 Å². The van der Waals surface area contributed by atoms with Gasteiger partial charge in [-0.3, -0.25) is 9.59 Å². The molecule has 24 heavy (non-hydrogen) atoms. The molecule has 0 saturated carbocycles. The molecule has 2 aromatic carbocycles.